The smallest absolute Gasteiger partial charge is 0.248 e. The third kappa shape index (κ3) is 3.32. The highest BCUT2D eigenvalue weighted by molar-refractivity contribution is 7.11. The van der Waals surface area contributed by atoms with Crippen LogP contribution in [0.1, 0.15) is 32.7 Å². The molecule has 0 saturated heterocycles. The summed E-state index contributed by atoms with van der Waals surface area (Å²) >= 11 is 1.72. The highest BCUT2D eigenvalue weighted by atomic mass is 32.1. The number of aromatic nitrogens is 1. The van der Waals surface area contributed by atoms with E-state index in [4.69, 9.17) is 5.73 Å². The van der Waals surface area contributed by atoms with E-state index in [-0.39, 0.29) is 0 Å². The van der Waals surface area contributed by atoms with Gasteiger partial charge in [-0.15, -0.1) is 11.3 Å². The first-order valence-electron chi connectivity index (χ1n) is 6.18. The second-order valence-electron chi connectivity index (χ2n) is 4.32. The van der Waals surface area contributed by atoms with Gasteiger partial charge in [0.2, 0.25) is 5.91 Å². The number of hydrogen-bond donors (Lipinski definition) is 2. The van der Waals surface area contributed by atoms with Crippen molar-refractivity contribution < 1.29 is 4.79 Å². The topological polar surface area (TPSA) is 68.0 Å². The van der Waals surface area contributed by atoms with Gasteiger partial charge < -0.3 is 11.1 Å². The molecule has 1 aromatic heterocycles. The maximum Gasteiger partial charge on any atom is 0.248 e. The minimum Gasteiger partial charge on any atom is -0.380 e. The van der Waals surface area contributed by atoms with Crippen molar-refractivity contribution in [1.82, 2.24) is 4.98 Å². The zero-order chi connectivity index (χ0) is 13.8. The van der Waals surface area contributed by atoms with E-state index in [1.54, 1.807) is 23.5 Å². The van der Waals surface area contributed by atoms with Gasteiger partial charge in [0.15, 0.2) is 0 Å². The molecule has 0 aliphatic rings. The molecule has 4 nitrogen and oxygen atoms in total. The van der Waals surface area contributed by atoms with Crippen molar-refractivity contribution in [2.24, 2.45) is 5.73 Å². The fourth-order valence-electron chi connectivity index (χ4n) is 1.79. The van der Waals surface area contributed by atoms with E-state index < -0.39 is 5.91 Å². The van der Waals surface area contributed by atoms with Gasteiger partial charge in [-0.05, 0) is 37.1 Å². The number of thiazole rings is 1. The summed E-state index contributed by atoms with van der Waals surface area (Å²) in [6.45, 7) is 4.80. The fourth-order valence-corrected chi connectivity index (χ4v) is 2.59. The number of rotatable bonds is 5. The number of benzene rings is 1. The molecule has 100 valence electrons. The van der Waals surface area contributed by atoms with Crippen molar-refractivity contribution in [2.75, 3.05) is 5.32 Å². The van der Waals surface area contributed by atoms with Crippen molar-refractivity contribution in [3.63, 3.8) is 0 Å². The highest BCUT2D eigenvalue weighted by Gasteiger charge is 2.05. The Morgan fingerprint density at radius 3 is 2.84 bits per heavy atom. The van der Waals surface area contributed by atoms with E-state index in [1.807, 2.05) is 19.2 Å². The molecule has 19 heavy (non-hydrogen) atoms. The number of carbonyl (C=O) groups is 1. The summed E-state index contributed by atoms with van der Waals surface area (Å²) in [6.07, 6.45) is 2.88. The maximum absolute atomic E-state index is 11.1. The van der Waals surface area contributed by atoms with E-state index in [1.165, 1.54) is 4.88 Å². The predicted molar refractivity (Wildman–Crippen MR) is 78.5 cm³/mol. The lowest BCUT2D eigenvalue weighted by Crippen LogP contribution is -2.11. The molecule has 0 unspecified atom stereocenters. The first-order valence-corrected chi connectivity index (χ1v) is 6.99. The molecule has 0 aliphatic carbocycles. The Bertz CT molecular complexity index is 592. The Kier molecular flexibility index (Phi) is 4.16. The molecule has 0 radical (unpaired) electrons. The van der Waals surface area contributed by atoms with Crippen LogP contribution in [0.25, 0.3) is 0 Å². The molecule has 1 aromatic carbocycles. The van der Waals surface area contributed by atoms with E-state index >= 15 is 0 Å². The Morgan fingerprint density at radius 1 is 1.47 bits per heavy atom. The molecule has 0 atom stereocenters. The fraction of sp³-hybridized carbons (Fsp3) is 0.286. The van der Waals surface area contributed by atoms with Crippen LogP contribution in [0.15, 0.2) is 24.4 Å². The van der Waals surface area contributed by atoms with Gasteiger partial charge in [-0.2, -0.15) is 0 Å². The van der Waals surface area contributed by atoms with Gasteiger partial charge in [0, 0.05) is 22.3 Å². The minimum absolute atomic E-state index is 0.398. The van der Waals surface area contributed by atoms with Crippen LogP contribution in [0, 0.1) is 6.92 Å². The number of anilines is 1. The van der Waals surface area contributed by atoms with Crippen LogP contribution in [0.2, 0.25) is 0 Å². The van der Waals surface area contributed by atoms with Crippen LogP contribution in [-0.4, -0.2) is 10.9 Å². The first kappa shape index (κ1) is 13.5. The van der Waals surface area contributed by atoms with Crippen molar-refractivity contribution in [2.45, 2.75) is 26.8 Å². The van der Waals surface area contributed by atoms with Gasteiger partial charge in [-0.1, -0.05) is 6.92 Å². The Morgan fingerprint density at radius 2 is 2.26 bits per heavy atom. The van der Waals surface area contributed by atoms with Crippen molar-refractivity contribution in [3.8, 4) is 0 Å². The number of hydrogen-bond acceptors (Lipinski definition) is 4. The lowest BCUT2D eigenvalue weighted by molar-refractivity contribution is 0.1000. The van der Waals surface area contributed by atoms with E-state index in [0.717, 1.165) is 29.2 Å². The largest absolute Gasteiger partial charge is 0.380 e. The number of nitrogens with one attached hydrogen (secondary N) is 1. The summed E-state index contributed by atoms with van der Waals surface area (Å²) in [4.78, 5) is 16.6. The highest BCUT2D eigenvalue weighted by Crippen LogP contribution is 2.19. The van der Waals surface area contributed by atoms with Crippen molar-refractivity contribution >= 4 is 22.9 Å². The summed E-state index contributed by atoms with van der Waals surface area (Å²) in [6, 6.07) is 5.42. The number of carbonyl (C=O) groups excluding carboxylic acids is 1. The van der Waals surface area contributed by atoms with Gasteiger partial charge in [-0.3, -0.25) is 4.79 Å². The summed E-state index contributed by atoms with van der Waals surface area (Å²) in [7, 11) is 0. The molecule has 1 amide bonds. The summed E-state index contributed by atoms with van der Waals surface area (Å²) in [5.74, 6) is -0.398. The number of primary amides is 1. The third-order valence-corrected chi connectivity index (χ3v) is 4.01. The molecule has 0 aliphatic heterocycles. The van der Waals surface area contributed by atoms with E-state index in [2.05, 4.69) is 17.2 Å². The van der Waals surface area contributed by atoms with E-state index in [9.17, 15) is 4.79 Å². The van der Waals surface area contributed by atoms with Gasteiger partial charge >= 0.3 is 0 Å². The zero-order valence-electron chi connectivity index (χ0n) is 11.1. The van der Waals surface area contributed by atoms with Crippen LogP contribution < -0.4 is 11.1 Å². The van der Waals surface area contributed by atoms with Gasteiger partial charge in [0.05, 0.1) is 11.6 Å². The lowest BCUT2D eigenvalue weighted by atomic mass is 10.1. The standard InChI is InChI=1S/C14H17N3OS/c1-3-13-17-8-11(19-13)7-16-12-5-4-10(14(15)18)6-9(12)2/h4-6,8,16H,3,7H2,1-2H3,(H2,15,18). The van der Waals surface area contributed by atoms with Crippen LogP contribution in [0.5, 0.6) is 0 Å². The van der Waals surface area contributed by atoms with E-state index in [0.29, 0.717) is 5.56 Å². The van der Waals surface area contributed by atoms with Gasteiger partial charge in [0.1, 0.15) is 0 Å². The van der Waals surface area contributed by atoms with Crippen LogP contribution in [0.4, 0.5) is 5.69 Å². The summed E-state index contributed by atoms with van der Waals surface area (Å²) < 4.78 is 0. The molecule has 3 N–H and O–H groups in total. The van der Waals surface area contributed by atoms with Crippen LogP contribution in [0.3, 0.4) is 0 Å². The second kappa shape index (κ2) is 5.84. The van der Waals surface area contributed by atoms with Crippen molar-refractivity contribution in [1.29, 1.82) is 0 Å². The summed E-state index contributed by atoms with van der Waals surface area (Å²) in [5, 5.41) is 4.50. The lowest BCUT2D eigenvalue weighted by Gasteiger charge is -2.09. The van der Waals surface area contributed by atoms with Crippen molar-refractivity contribution in [3.05, 3.63) is 45.4 Å². The number of aryl methyl sites for hydroxylation is 2. The molecule has 0 fully saturated rings. The molecular weight excluding hydrogens is 258 g/mol. The molecule has 0 saturated carbocycles. The molecular formula is C14H17N3OS. The number of nitrogens with zero attached hydrogens (tertiary/aromatic N) is 1. The molecule has 0 spiro atoms. The summed E-state index contributed by atoms with van der Waals surface area (Å²) in [5.41, 5.74) is 7.81. The SMILES string of the molecule is CCc1ncc(CNc2ccc(C(N)=O)cc2C)s1. The first-order chi connectivity index (χ1) is 9.10. The van der Waals surface area contributed by atoms with Gasteiger partial charge in [0.25, 0.3) is 0 Å². The minimum atomic E-state index is -0.398. The van der Waals surface area contributed by atoms with Crippen LogP contribution >= 0.6 is 11.3 Å². The molecule has 2 aromatic rings. The Labute approximate surface area is 116 Å². The van der Waals surface area contributed by atoms with Crippen LogP contribution in [-0.2, 0) is 13.0 Å². The Hall–Kier alpha value is -1.88. The molecule has 0 bridgehead atoms. The zero-order valence-corrected chi connectivity index (χ0v) is 11.9. The number of nitrogens with two attached hydrogens (primary N) is 1. The average Bonchev–Trinajstić information content (AvgIpc) is 2.85. The van der Waals surface area contributed by atoms with Gasteiger partial charge in [-0.25, -0.2) is 4.98 Å². The molecule has 5 heteroatoms. The second-order valence-corrected chi connectivity index (χ2v) is 5.52. The number of amides is 1. The maximum atomic E-state index is 11.1. The normalized spacial score (nSPS) is 10.4. The monoisotopic (exact) mass is 275 g/mol. The molecule has 1 heterocycles. The Balaban J connectivity index is 2.05. The average molecular weight is 275 g/mol. The quantitative estimate of drug-likeness (QED) is 0.881. The molecule has 2 rings (SSSR count). The third-order valence-electron chi connectivity index (χ3n) is 2.87. The predicted octanol–water partition coefficient (Wildman–Crippen LogP) is 2.72.